The van der Waals surface area contributed by atoms with Crippen LogP contribution in [0.5, 0.6) is 0 Å². The third kappa shape index (κ3) is 2.21. The monoisotopic (exact) mass is 262 g/mol. The van der Waals surface area contributed by atoms with Gasteiger partial charge >= 0.3 is 12.1 Å². The first kappa shape index (κ1) is 12.9. The minimum Gasteiger partial charge on any atom is -0.480 e. The van der Waals surface area contributed by atoms with Gasteiger partial charge in [-0.1, -0.05) is 6.92 Å². The van der Waals surface area contributed by atoms with Gasteiger partial charge < -0.3 is 5.11 Å². The molecule has 1 aromatic heterocycles. The second-order valence-corrected chi connectivity index (χ2v) is 4.55. The maximum atomic E-state index is 12.8. The van der Waals surface area contributed by atoms with E-state index >= 15 is 0 Å². The summed E-state index contributed by atoms with van der Waals surface area (Å²) < 4.78 is 39.5. The Hall–Kier alpha value is -1.53. The molecule has 0 bridgehead atoms. The molecular formula is C11H13F3N2O2. The van der Waals surface area contributed by atoms with Crippen LogP contribution < -0.4 is 0 Å². The summed E-state index contributed by atoms with van der Waals surface area (Å²) in [5.41, 5.74) is -0.330. The van der Waals surface area contributed by atoms with Gasteiger partial charge in [-0.15, -0.1) is 0 Å². The number of carboxylic acid groups (broad SMARTS) is 1. The van der Waals surface area contributed by atoms with Crippen LogP contribution in [0.25, 0.3) is 0 Å². The van der Waals surface area contributed by atoms with E-state index in [0.29, 0.717) is 18.5 Å². The number of carboxylic acids is 1. The lowest BCUT2D eigenvalue weighted by Gasteiger charge is -2.20. The summed E-state index contributed by atoms with van der Waals surface area (Å²) in [6.07, 6.45) is -2.77. The Labute approximate surface area is 101 Å². The number of alkyl halides is 3. The number of nitrogens with zero attached hydrogens (tertiary/aromatic N) is 2. The molecule has 0 radical (unpaired) electrons. The Bertz CT molecular complexity index is 479. The smallest absolute Gasteiger partial charge is 0.435 e. The third-order valence-corrected chi connectivity index (χ3v) is 3.18. The van der Waals surface area contributed by atoms with Gasteiger partial charge in [0, 0.05) is 11.3 Å². The molecule has 0 fully saturated rings. The second kappa shape index (κ2) is 4.29. The van der Waals surface area contributed by atoms with Crippen molar-refractivity contribution in [2.45, 2.75) is 44.8 Å². The maximum absolute atomic E-state index is 12.8. The van der Waals surface area contributed by atoms with Crippen molar-refractivity contribution in [1.29, 1.82) is 0 Å². The van der Waals surface area contributed by atoms with Crippen molar-refractivity contribution in [1.82, 2.24) is 9.78 Å². The molecule has 2 rings (SSSR count). The highest BCUT2D eigenvalue weighted by Crippen LogP contribution is 2.39. The van der Waals surface area contributed by atoms with E-state index in [-0.39, 0.29) is 11.5 Å². The lowest BCUT2D eigenvalue weighted by molar-refractivity contribution is -0.143. The van der Waals surface area contributed by atoms with Crippen LogP contribution in [0.15, 0.2) is 0 Å². The first-order valence-corrected chi connectivity index (χ1v) is 5.69. The topological polar surface area (TPSA) is 55.1 Å². The minimum absolute atomic E-state index is 0.0864. The van der Waals surface area contributed by atoms with Crippen molar-refractivity contribution in [3.8, 4) is 0 Å². The van der Waals surface area contributed by atoms with E-state index in [9.17, 15) is 18.0 Å². The highest BCUT2D eigenvalue weighted by atomic mass is 19.4. The number of hydrogen-bond donors (Lipinski definition) is 1. The Morgan fingerprint density at radius 2 is 2.22 bits per heavy atom. The Balaban J connectivity index is 2.54. The van der Waals surface area contributed by atoms with E-state index in [1.807, 2.05) is 0 Å². The SMILES string of the molecule is C[C@H]1CCCc2c(C(F)(F)F)nn(CC(=O)O)c21. The predicted octanol–water partition coefficient (Wildman–Crippen LogP) is 2.43. The van der Waals surface area contributed by atoms with E-state index in [2.05, 4.69) is 5.10 Å². The van der Waals surface area contributed by atoms with Crippen LogP contribution in [-0.4, -0.2) is 20.9 Å². The zero-order chi connectivity index (χ0) is 13.5. The fraction of sp³-hybridized carbons (Fsp3) is 0.636. The summed E-state index contributed by atoms with van der Waals surface area (Å²) in [5.74, 6) is -1.27. The normalized spacial score (nSPS) is 19.7. The average molecular weight is 262 g/mol. The number of fused-ring (bicyclic) bond motifs is 1. The van der Waals surface area contributed by atoms with Crippen molar-refractivity contribution >= 4 is 5.97 Å². The summed E-state index contributed by atoms with van der Waals surface area (Å²) in [6.45, 7) is 1.28. The summed E-state index contributed by atoms with van der Waals surface area (Å²) in [5, 5.41) is 12.2. The van der Waals surface area contributed by atoms with Gasteiger partial charge in [0.15, 0.2) is 5.69 Å². The predicted molar refractivity (Wildman–Crippen MR) is 56.2 cm³/mol. The molecule has 100 valence electrons. The minimum atomic E-state index is -4.52. The summed E-state index contributed by atoms with van der Waals surface area (Å²) in [7, 11) is 0. The molecule has 1 aliphatic carbocycles. The number of carbonyl (C=O) groups is 1. The highest BCUT2D eigenvalue weighted by Gasteiger charge is 2.40. The zero-order valence-corrected chi connectivity index (χ0v) is 9.79. The molecular weight excluding hydrogens is 249 g/mol. The van der Waals surface area contributed by atoms with E-state index < -0.39 is 24.4 Å². The van der Waals surface area contributed by atoms with Gasteiger partial charge in [-0.25, -0.2) is 0 Å². The van der Waals surface area contributed by atoms with Crippen LogP contribution in [0, 0.1) is 0 Å². The summed E-state index contributed by atoms with van der Waals surface area (Å²) >= 11 is 0. The maximum Gasteiger partial charge on any atom is 0.435 e. The molecule has 0 saturated heterocycles. The molecule has 4 nitrogen and oxygen atoms in total. The molecule has 0 aliphatic heterocycles. The summed E-state index contributed by atoms with van der Waals surface area (Å²) in [4.78, 5) is 10.7. The first-order valence-electron chi connectivity index (χ1n) is 5.69. The average Bonchev–Trinajstić information content (AvgIpc) is 2.57. The van der Waals surface area contributed by atoms with Crippen LogP contribution in [-0.2, 0) is 23.9 Å². The molecule has 0 unspecified atom stereocenters. The third-order valence-electron chi connectivity index (χ3n) is 3.18. The van der Waals surface area contributed by atoms with Crippen LogP contribution in [0.1, 0.15) is 42.6 Å². The van der Waals surface area contributed by atoms with Gasteiger partial charge in [0.1, 0.15) is 6.54 Å². The highest BCUT2D eigenvalue weighted by molar-refractivity contribution is 5.66. The fourth-order valence-corrected chi connectivity index (χ4v) is 2.51. The number of rotatable bonds is 2. The number of hydrogen-bond acceptors (Lipinski definition) is 2. The van der Waals surface area contributed by atoms with Gasteiger partial charge in [-0.05, 0) is 25.2 Å². The molecule has 1 N–H and O–H groups in total. The Morgan fingerprint density at radius 1 is 1.56 bits per heavy atom. The van der Waals surface area contributed by atoms with Crippen molar-refractivity contribution in [3.05, 3.63) is 17.0 Å². The number of halogens is 3. The molecule has 0 aromatic carbocycles. The largest absolute Gasteiger partial charge is 0.480 e. The molecule has 0 spiro atoms. The van der Waals surface area contributed by atoms with Crippen LogP contribution in [0.2, 0.25) is 0 Å². The molecule has 7 heteroatoms. The lowest BCUT2D eigenvalue weighted by Crippen LogP contribution is -2.17. The van der Waals surface area contributed by atoms with E-state index in [1.165, 1.54) is 0 Å². The molecule has 1 aromatic rings. The second-order valence-electron chi connectivity index (χ2n) is 4.55. The van der Waals surface area contributed by atoms with Gasteiger partial charge in [0.05, 0.1) is 0 Å². The molecule has 0 amide bonds. The Morgan fingerprint density at radius 3 is 2.78 bits per heavy atom. The van der Waals surface area contributed by atoms with E-state index in [0.717, 1.165) is 11.1 Å². The van der Waals surface area contributed by atoms with E-state index in [1.54, 1.807) is 6.92 Å². The van der Waals surface area contributed by atoms with Crippen LogP contribution >= 0.6 is 0 Å². The summed E-state index contributed by atoms with van der Waals surface area (Å²) in [6, 6.07) is 0. The quantitative estimate of drug-likeness (QED) is 0.890. The van der Waals surface area contributed by atoms with Crippen molar-refractivity contribution < 1.29 is 23.1 Å². The molecule has 1 atom stereocenters. The number of aliphatic carboxylic acids is 1. The van der Waals surface area contributed by atoms with Crippen LogP contribution in [0.4, 0.5) is 13.2 Å². The Kier molecular flexibility index (Phi) is 3.08. The van der Waals surface area contributed by atoms with Crippen molar-refractivity contribution in [3.63, 3.8) is 0 Å². The fourth-order valence-electron chi connectivity index (χ4n) is 2.51. The zero-order valence-electron chi connectivity index (χ0n) is 9.79. The van der Waals surface area contributed by atoms with E-state index in [4.69, 9.17) is 5.11 Å². The molecule has 18 heavy (non-hydrogen) atoms. The van der Waals surface area contributed by atoms with Gasteiger partial charge in [0.25, 0.3) is 0 Å². The van der Waals surface area contributed by atoms with Crippen molar-refractivity contribution in [2.24, 2.45) is 0 Å². The van der Waals surface area contributed by atoms with Crippen LogP contribution in [0.3, 0.4) is 0 Å². The molecule has 1 heterocycles. The molecule has 0 saturated carbocycles. The van der Waals surface area contributed by atoms with Gasteiger partial charge in [-0.3, -0.25) is 9.48 Å². The lowest BCUT2D eigenvalue weighted by atomic mass is 9.87. The molecule has 1 aliphatic rings. The standard InChI is InChI=1S/C11H13F3N2O2/c1-6-3-2-4-7-9(6)16(5-8(17)18)15-10(7)11(12,13)14/h6H,2-5H2,1H3,(H,17,18)/t6-/m0/s1. The van der Waals surface area contributed by atoms with Gasteiger partial charge in [-0.2, -0.15) is 18.3 Å². The van der Waals surface area contributed by atoms with Crippen molar-refractivity contribution in [2.75, 3.05) is 0 Å². The first-order chi connectivity index (χ1) is 8.30. The van der Waals surface area contributed by atoms with Gasteiger partial charge in [0.2, 0.25) is 0 Å². The number of aromatic nitrogens is 2.